The van der Waals surface area contributed by atoms with Crippen LogP contribution in [0.3, 0.4) is 0 Å². The Morgan fingerprint density at radius 2 is 2.00 bits per heavy atom. The van der Waals surface area contributed by atoms with E-state index in [0.29, 0.717) is 6.61 Å². The molecule has 54 valence electrons. The average molecular weight is 160 g/mol. The molecule has 0 spiro atoms. The van der Waals surface area contributed by atoms with Gasteiger partial charge in [-0.15, -0.1) is 0 Å². The van der Waals surface area contributed by atoms with Crippen molar-refractivity contribution < 1.29 is 9.78 Å². The molecular formula is C8H9NaO2. The first-order valence-corrected chi connectivity index (χ1v) is 3.34. The van der Waals surface area contributed by atoms with Gasteiger partial charge >= 0.3 is 29.6 Å². The summed E-state index contributed by atoms with van der Waals surface area (Å²) < 4.78 is 0. The molecule has 0 fully saturated rings. The van der Waals surface area contributed by atoms with E-state index >= 15 is 0 Å². The second-order valence-electron chi connectivity index (χ2n) is 2.26. The molecule has 0 radical (unpaired) electrons. The molecule has 0 aliphatic carbocycles. The summed E-state index contributed by atoms with van der Waals surface area (Å²) in [5.41, 5.74) is 1.23. The van der Waals surface area contributed by atoms with Gasteiger partial charge in [0.2, 0.25) is 0 Å². The summed E-state index contributed by atoms with van der Waals surface area (Å²) in [5, 5.41) is 0. The van der Waals surface area contributed by atoms with Crippen LogP contribution in [0.2, 0.25) is 0 Å². The third kappa shape index (κ3) is 1.97. The largest absolute Gasteiger partial charge is 0.337 e. The van der Waals surface area contributed by atoms with Crippen LogP contribution in [-0.2, 0) is 11.3 Å². The first-order valence-electron chi connectivity index (χ1n) is 3.34. The molecule has 1 aromatic rings. The first-order chi connectivity index (χ1) is 4.97. The molecule has 0 aromatic heterocycles. The van der Waals surface area contributed by atoms with Crippen molar-refractivity contribution in [2.75, 3.05) is 6.61 Å². The molecule has 0 saturated carbocycles. The van der Waals surface area contributed by atoms with E-state index < -0.39 is 0 Å². The van der Waals surface area contributed by atoms with E-state index in [1.165, 1.54) is 5.56 Å². The van der Waals surface area contributed by atoms with Crippen LogP contribution in [0.5, 0.6) is 5.75 Å². The minimum Gasteiger partial charge on any atom is -0.337 e. The maximum atomic E-state index is 4.92. The minimum absolute atomic E-state index is 0. The second kappa shape index (κ2) is 4.12. The van der Waals surface area contributed by atoms with E-state index in [1.54, 1.807) is 0 Å². The fourth-order valence-electron chi connectivity index (χ4n) is 1.05. The van der Waals surface area contributed by atoms with Crippen molar-refractivity contribution in [3.05, 3.63) is 29.8 Å². The molecule has 1 aliphatic rings. The Labute approximate surface area is 87.7 Å². The molecule has 0 bridgehead atoms. The Hall–Kier alpha value is -0.0200. The fraction of sp³-hybridized carbons (Fsp3) is 0.250. The predicted octanol–water partition coefficient (Wildman–Crippen LogP) is 0.905. The van der Waals surface area contributed by atoms with Crippen LogP contribution in [0.25, 0.3) is 0 Å². The number of rotatable bonds is 0. The molecule has 1 aliphatic heterocycles. The molecule has 2 nitrogen and oxygen atoms in total. The van der Waals surface area contributed by atoms with Gasteiger partial charge in [0.1, 0.15) is 0 Å². The molecule has 0 amide bonds. The molecular weight excluding hydrogens is 151 g/mol. The summed E-state index contributed by atoms with van der Waals surface area (Å²) in [6.07, 6.45) is 0.955. The zero-order valence-electron chi connectivity index (χ0n) is 5.54. The Balaban J connectivity index is 0.000000605. The summed E-state index contributed by atoms with van der Waals surface area (Å²) in [6, 6.07) is 7.91. The van der Waals surface area contributed by atoms with Gasteiger partial charge in [0, 0.05) is 12.0 Å². The van der Waals surface area contributed by atoms with Gasteiger partial charge in [-0.25, -0.2) is 0 Å². The van der Waals surface area contributed by atoms with Gasteiger partial charge in [0.25, 0.3) is 0 Å². The number of benzene rings is 1. The van der Waals surface area contributed by atoms with Crippen molar-refractivity contribution in [3.8, 4) is 5.75 Å². The Morgan fingerprint density at radius 3 is 2.82 bits per heavy atom. The van der Waals surface area contributed by atoms with Gasteiger partial charge < -0.3 is 4.89 Å². The second-order valence-corrected chi connectivity index (χ2v) is 2.26. The van der Waals surface area contributed by atoms with Crippen molar-refractivity contribution in [2.45, 2.75) is 6.42 Å². The van der Waals surface area contributed by atoms with Crippen LogP contribution in [0.4, 0.5) is 0 Å². The summed E-state index contributed by atoms with van der Waals surface area (Å²) >= 11 is 0. The van der Waals surface area contributed by atoms with E-state index in [4.69, 9.17) is 9.78 Å². The van der Waals surface area contributed by atoms with Crippen molar-refractivity contribution in [3.63, 3.8) is 0 Å². The van der Waals surface area contributed by atoms with Crippen LogP contribution in [0.15, 0.2) is 24.3 Å². The monoisotopic (exact) mass is 160 g/mol. The number of fused-ring (bicyclic) bond motifs is 1. The predicted molar refractivity (Wildman–Crippen MR) is 43.9 cm³/mol. The standard InChI is InChI=1S/C8H8O2.Na.H/c1-2-4-8-7(3-1)5-6-9-10-8;;/h1-4H,5-6H2;;. The molecule has 3 heteroatoms. The molecule has 2 rings (SSSR count). The van der Waals surface area contributed by atoms with E-state index in [-0.39, 0.29) is 29.6 Å². The third-order valence-corrected chi connectivity index (χ3v) is 1.58. The minimum atomic E-state index is 0. The Bertz CT molecular complexity index is 212. The smallest absolute Gasteiger partial charge is 0.168 e. The van der Waals surface area contributed by atoms with Gasteiger partial charge in [-0.1, -0.05) is 18.2 Å². The van der Waals surface area contributed by atoms with Crippen molar-refractivity contribution >= 4 is 29.6 Å². The molecule has 0 saturated heterocycles. The van der Waals surface area contributed by atoms with E-state index in [1.807, 2.05) is 18.2 Å². The maximum absolute atomic E-state index is 4.92. The molecule has 1 heterocycles. The van der Waals surface area contributed by atoms with Gasteiger partial charge in [-0.05, 0) is 6.07 Å². The van der Waals surface area contributed by atoms with Crippen LogP contribution >= 0.6 is 0 Å². The zero-order valence-corrected chi connectivity index (χ0v) is 5.54. The zero-order chi connectivity index (χ0) is 6.81. The van der Waals surface area contributed by atoms with Crippen LogP contribution in [-0.4, -0.2) is 36.2 Å². The number of hydrogen-bond donors (Lipinski definition) is 0. The van der Waals surface area contributed by atoms with Crippen LogP contribution in [0, 0.1) is 0 Å². The molecule has 1 aromatic carbocycles. The number of hydrogen-bond acceptors (Lipinski definition) is 2. The van der Waals surface area contributed by atoms with E-state index in [0.717, 1.165) is 12.2 Å². The summed E-state index contributed by atoms with van der Waals surface area (Å²) in [5.74, 6) is 0.855. The summed E-state index contributed by atoms with van der Waals surface area (Å²) in [6.45, 7) is 0.664. The quantitative estimate of drug-likeness (QED) is 0.414. The molecule has 0 unspecified atom stereocenters. The van der Waals surface area contributed by atoms with Crippen LogP contribution < -0.4 is 4.89 Å². The van der Waals surface area contributed by atoms with E-state index in [9.17, 15) is 0 Å². The van der Waals surface area contributed by atoms with Gasteiger partial charge in [-0.2, -0.15) is 4.89 Å². The van der Waals surface area contributed by atoms with Crippen molar-refractivity contribution in [1.29, 1.82) is 0 Å². The Morgan fingerprint density at radius 1 is 1.18 bits per heavy atom. The maximum Gasteiger partial charge on any atom is 0.168 e. The Kier molecular flexibility index (Phi) is 3.40. The van der Waals surface area contributed by atoms with Gasteiger partial charge in [0.15, 0.2) is 5.75 Å². The molecule has 11 heavy (non-hydrogen) atoms. The SMILES string of the molecule is [NaH].c1ccc2c(c1)CCOO2. The third-order valence-electron chi connectivity index (χ3n) is 1.58. The van der Waals surface area contributed by atoms with Crippen molar-refractivity contribution in [2.24, 2.45) is 0 Å². The molecule has 0 atom stereocenters. The van der Waals surface area contributed by atoms with Gasteiger partial charge in [0.05, 0.1) is 6.61 Å². The van der Waals surface area contributed by atoms with Gasteiger partial charge in [-0.3, -0.25) is 0 Å². The summed E-state index contributed by atoms with van der Waals surface area (Å²) in [7, 11) is 0. The normalized spacial score (nSPS) is 14.2. The van der Waals surface area contributed by atoms with Crippen LogP contribution in [0.1, 0.15) is 5.56 Å². The molecule has 0 N–H and O–H groups in total. The van der Waals surface area contributed by atoms with Crippen molar-refractivity contribution in [1.82, 2.24) is 0 Å². The number of para-hydroxylation sites is 1. The fourth-order valence-corrected chi connectivity index (χ4v) is 1.05. The first kappa shape index (κ1) is 9.07. The summed E-state index contributed by atoms with van der Waals surface area (Å²) in [4.78, 5) is 9.72. The van der Waals surface area contributed by atoms with E-state index in [2.05, 4.69) is 6.07 Å². The topological polar surface area (TPSA) is 18.5 Å². The average Bonchev–Trinajstić information content (AvgIpc) is 2.05.